The third-order valence-corrected chi connectivity index (χ3v) is 4.37. The molecule has 0 aromatic carbocycles. The summed E-state index contributed by atoms with van der Waals surface area (Å²) in [7, 11) is 0. The second-order valence-corrected chi connectivity index (χ2v) is 6.31. The number of carbonyl (C=O) groups is 1. The van der Waals surface area contributed by atoms with Crippen LogP contribution in [0.1, 0.15) is 71.6 Å². The third-order valence-electron chi connectivity index (χ3n) is 4.37. The fourth-order valence-corrected chi connectivity index (χ4v) is 2.90. The van der Waals surface area contributed by atoms with Gasteiger partial charge in [-0.15, -0.1) is 0 Å². The van der Waals surface area contributed by atoms with E-state index in [1.54, 1.807) is 0 Å². The second-order valence-electron chi connectivity index (χ2n) is 6.31. The number of amides is 1. The molecule has 21 heavy (non-hydrogen) atoms. The summed E-state index contributed by atoms with van der Waals surface area (Å²) in [5.41, 5.74) is 1.07. The Morgan fingerprint density at radius 1 is 1.14 bits per heavy atom. The first-order valence-corrected chi connectivity index (χ1v) is 8.89. The van der Waals surface area contributed by atoms with E-state index >= 15 is 0 Å². The first-order chi connectivity index (χ1) is 10.2. The Hall–Kier alpha value is -0.990. The Labute approximate surface area is 131 Å². The van der Waals surface area contributed by atoms with E-state index in [4.69, 9.17) is 0 Å². The van der Waals surface area contributed by atoms with Crippen LogP contribution in [0.25, 0.3) is 0 Å². The zero-order chi connectivity index (χ0) is 15.5. The van der Waals surface area contributed by atoms with Gasteiger partial charge in [-0.05, 0) is 12.8 Å². The summed E-state index contributed by atoms with van der Waals surface area (Å²) in [5, 5.41) is 3.43. The lowest BCUT2D eigenvalue weighted by molar-refractivity contribution is -0.127. The summed E-state index contributed by atoms with van der Waals surface area (Å²) in [6, 6.07) is 0. The molecule has 1 aliphatic heterocycles. The molecule has 0 aromatic rings. The lowest BCUT2D eigenvalue weighted by Gasteiger charge is -2.18. The summed E-state index contributed by atoms with van der Waals surface area (Å²) in [4.78, 5) is 14.1. The highest BCUT2D eigenvalue weighted by atomic mass is 16.2. The van der Waals surface area contributed by atoms with Gasteiger partial charge in [0.2, 0.25) is 5.91 Å². The predicted molar refractivity (Wildman–Crippen MR) is 90.1 cm³/mol. The number of unbranched alkanes of at least 4 members (excludes halogenated alkanes) is 6. The van der Waals surface area contributed by atoms with E-state index in [0.29, 0.717) is 18.2 Å². The quantitative estimate of drug-likeness (QED) is 0.550. The van der Waals surface area contributed by atoms with Crippen LogP contribution in [0.5, 0.6) is 0 Å². The second kappa shape index (κ2) is 10.7. The van der Waals surface area contributed by atoms with Gasteiger partial charge in [0.15, 0.2) is 0 Å². The van der Waals surface area contributed by atoms with Crippen LogP contribution in [0.3, 0.4) is 0 Å². The van der Waals surface area contributed by atoms with E-state index in [1.165, 1.54) is 44.9 Å². The van der Waals surface area contributed by atoms with Gasteiger partial charge >= 0.3 is 0 Å². The van der Waals surface area contributed by atoms with E-state index in [2.05, 4.69) is 25.7 Å². The Morgan fingerprint density at radius 2 is 1.81 bits per heavy atom. The number of rotatable bonds is 12. The van der Waals surface area contributed by atoms with Crippen molar-refractivity contribution < 1.29 is 4.79 Å². The normalized spacial score (nSPS) is 18.3. The van der Waals surface area contributed by atoms with Gasteiger partial charge in [0.05, 0.1) is 0 Å². The van der Waals surface area contributed by atoms with E-state index in [0.717, 1.165) is 31.8 Å². The number of hydrogen-bond acceptors (Lipinski definition) is 2. The Kier molecular flexibility index (Phi) is 9.20. The van der Waals surface area contributed by atoms with Gasteiger partial charge in [0, 0.05) is 37.7 Å². The van der Waals surface area contributed by atoms with Crippen LogP contribution in [0, 0.1) is 5.92 Å². The molecule has 1 atom stereocenters. The molecule has 1 N–H and O–H groups in total. The van der Waals surface area contributed by atoms with Gasteiger partial charge in [-0.2, -0.15) is 0 Å². The molecular formula is C18H34N2O. The number of nitrogens with one attached hydrogen (secondary N) is 1. The van der Waals surface area contributed by atoms with Crippen molar-refractivity contribution in [1.29, 1.82) is 0 Å². The minimum Gasteiger partial charge on any atom is -0.389 e. The fourth-order valence-electron chi connectivity index (χ4n) is 2.90. The maximum Gasteiger partial charge on any atom is 0.223 e. The van der Waals surface area contributed by atoms with Crippen molar-refractivity contribution >= 4 is 5.91 Å². The molecule has 3 heteroatoms. The molecule has 0 spiro atoms. The highest BCUT2D eigenvalue weighted by molar-refractivity contribution is 5.79. The number of carbonyl (C=O) groups excluding carboxylic acids is 1. The summed E-state index contributed by atoms with van der Waals surface area (Å²) >= 11 is 0. The molecule has 1 rings (SSSR count). The monoisotopic (exact) mass is 294 g/mol. The maximum absolute atomic E-state index is 12.0. The van der Waals surface area contributed by atoms with Crippen molar-refractivity contribution in [2.24, 2.45) is 5.92 Å². The molecule has 1 amide bonds. The van der Waals surface area contributed by atoms with Crippen LogP contribution in [0.2, 0.25) is 0 Å². The smallest absolute Gasteiger partial charge is 0.223 e. The SMILES string of the molecule is C=C(NCCCCCC)C1CC(=O)N(CCCCCC)C1. The average Bonchev–Trinajstić information content (AvgIpc) is 2.84. The molecule has 3 nitrogen and oxygen atoms in total. The molecule has 0 bridgehead atoms. The topological polar surface area (TPSA) is 32.3 Å². The summed E-state index contributed by atoms with van der Waals surface area (Å²) in [6.45, 7) is 11.4. The van der Waals surface area contributed by atoms with E-state index in [1.807, 2.05) is 4.90 Å². The van der Waals surface area contributed by atoms with Gasteiger partial charge in [-0.1, -0.05) is 59.0 Å². The van der Waals surface area contributed by atoms with Crippen molar-refractivity contribution in [3.8, 4) is 0 Å². The standard InChI is InChI=1S/C18H34N2O/c1-4-6-8-10-12-19-16(3)17-14-18(21)20(15-17)13-11-9-7-5-2/h17,19H,3-15H2,1-2H3. The molecule has 0 aliphatic carbocycles. The maximum atomic E-state index is 12.0. The first-order valence-electron chi connectivity index (χ1n) is 8.89. The molecule has 0 radical (unpaired) electrons. The largest absolute Gasteiger partial charge is 0.389 e. The van der Waals surface area contributed by atoms with Crippen molar-refractivity contribution in [3.05, 3.63) is 12.3 Å². The van der Waals surface area contributed by atoms with Crippen LogP contribution in [0.15, 0.2) is 12.3 Å². The first kappa shape index (κ1) is 18.1. The van der Waals surface area contributed by atoms with Crippen LogP contribution >= 0.6 is 0 Å². The van der Waals surface area contributed by atoms with Crippen molar-refractivity contribution in [2.75, 3.05) is 19.6 Å². The van der Waals surface area contributed by atoms with Crippen molar-refractivity contribution in [2.45, 2.75) is 71.6 Å². The molecule has 1 aliphatic rings. The number of nitrogens with zero attached hydrogens (tertiary/aromatic N) is 1. The number of hydrogen-bond donors (Lipinski definition) is 1. The van der Waals surface area contributed by atoms with Crippen LogP contribution < -0.4 is 5.32 Å². The number of likely N-dealkylation sites (tertiary alicyclic amines) is 1. The van der Waals surface area contributed by atoms with E-state index < -0.39 is 0 Å². The molecule has 0 saturated carbocycles. The van der Waals surface area contributed by atoms with Gasteiger partial charge in [0.1, 0.15) is 0 Å². The Morgan fingerprint density at radius 3 is 2.48 bits per heavy atom. The Bertz CT molecular complexity index is 314. The Balaban J connectivity index is 2.18. The molecular weight excluding hydrogens is 260 g/mol. The van der Waals surface area contributed by atoms with Crippen LogP contribution in [0.4, 0.5) is 0 Å². The fraction of sp³-hybridized carbons (Fsp3) is 0.833. The minimum absolute atomic E-state index is 0.311. The highest BCUT2D eigenvalue weighted by Crippen LogP contribution is 2.23. The predicted octanol–water partition coefficient (Wildman–Crippen LogP) is 4.10. The average molecular weight is 294 g/mol. The van der Waals surface area contributed by atoms with Crippen LogP contribution in [-0.4, -0.2) is 30.4 Å². The van der Waals surface area contributed by atoms with Crippen molar-refractivity contribution in [1.82, 2.24) is 10.2 Å². The zero-order valence-electron chi connectivity index (χ0n) is 14.1. The van der Waals surface area contributed by atoms with E-state index in [9.17, 15) is 4.79 Å². The lowest BCUT2D eigenvalue weighted by atomic mass is 10.1. The van der Waals surface area contributed by atoms with E-state index in [-0.39, 0.29) is 0 Å². The third kappa shape index (κ3) is 7.01. The van der Waals surface area contributed by atoms with Gasteiger partial charge in [0.25, 0.3) is 0 Å². The van der Waals surface area contributed by atoms with Crippen LogP contribution in [-0.2, 0) is 4.79 Å². The molecule has 1 heterocycles. The molecule has 1 saturated heterocycles. The van der Waals surface area contributed by atoms with Crippen molar-refractivity contribution in [3.63, 3.8) is 0 Å². The van der Waals surface area contributed by atoms with Gasteiger partial charge in [-0.25, -0.2) is 0 Å². The molecule has 122 valence electrons. The molecule has 1 unspecified atom stereocenters. The van der Waals surface area contributed by atoms with Gasteiger partial charge < -0.3 is 10.2 Å². The zero-order valence-corrected chi connectivity index (χ0v) is 14.1. The van der Waals surface area contributed by atoms with Gasteiger partial charge in [-0.3, -0.25) is 4.79 Å². The minimum atomic E-state index is 0.311. The summed E-state index contributed by atoms with van der Waals surface area (Å²) < 4.78 is 0. The lowest BCUT2D eigenvalue weighted by Crippen LogP contribution is -2.27. The highest BCUT2D eigenvalue weighted by Gasteiger charge is 2.30. The summed E-state index contributed by atoms with van der Waals surface area (Å²) in [6.07, 6.45) is 10.6. The molecule has 1 fully saturated rings. The molecule has 0 aromatic heterocycles. The summed E-state index contributed by atoms with van der Waals surface area (Å²) in [5.74, 6) is 0.625.